The van der Waals surface area contributed by atoms with Crippen molar-refractivity contribution < 1.29 is 26.3 Å². The van der Waals surface area contributed by atoms with Gasteiger partial charge in [-0.2, -0.15) is 0 Å². The summed E-state index contributed by atoms with van der Waals surface area (Å²) in [6.45, 7) is 0. The molecule has 48 valence electrons. The molecule has 0 fully saturated rings. The van der Waals surface area contributed by atoms with Gasteiger partial charge >= 0.3 is 47.5 Å². The van der Waals surface area contributed by atoms with Gasteiger partial charge in [0.2, 0.25) is 0 Å². The maximum Gasteiger partial charge on any atom is 2.00 e. The van der Waals surface area contributed by atoms with E-state index in [1.54, 1.807) is 0 Å². The van der Waals surface area contributed by atoms with E-state index in [1.165, 1.54) is 0 Å². The quantitative estimate of drug-likeness (QED) is 0.340. The molecule has 8 heavy (non-hydrogen) atoms. The van der Waals surface area contributed by atoms with E-state index in [0.29, 0.717) is 0 Å². The SMILES string of the molecule is O.O=P(O)(O)[O][AlH2].[H-].[H-].[Mg+2]. The van der Waals surface area contributed by atoms with Crippen LogP contribution < -0.4 is 0 Å². The Kier molecular flexibility index (Phi) is 13.1. The van der Waals surface area contributed by atoms with E-state index in [0.717, 1.165) is 0 Å². The number of hydrogen-bond donors (Lipinski definition) is 2. The van der Waals surface area contributed by atoms with Gasteiger partial charge in [-0.1, -0.05) is 0 Å². The standard InChI is InChI=1S/Al.Mg.H3O4P.H2O.4H/c;;1-5(2,3)4;;;;;/h;;(H3,1,2,3,4);1H2;;;;/q+1;+2;;;;;2*-1/p-1. The molecule has 8 heteroatoms. The third kappa shape index (κ3) is 15.7. The Morgan fingerprint density at radius 2 is 1.75 bits per heavy atom. The first-order chi connectivity index (χ1) is 2.56. The molecule has 5 nitrogen and oxygen atoms in total. The zero-order valence-electron chi connectivity index (χ0n) is 6.37. The predicted molar refractivity (Wildman–Crippen MR) is 33.3 cm³/mol. The van der Waals surface area contributed by atoms with Gasteiger partial charge in [-0.05, 0) is 0 Å². The van der Waals surface area contributed by atoms with Crippen LogP contribution in [0.1, 0.15) is 2.85 Å². The van der Waals surface area contributed by atoms with Crippen molar-refractivity contribution in [3.63, 3.8) is 0 Å². The van der Waals surface area contributed by atoms with Crippen molar-refractivity contribution in [2.75, 3.05) is 0 Å². The van der Waals surface area contributed by atoms with Crippen molar-refractivity contribution in [3.8, 4) is 0 Å². The second-order valence-electron chi connectivity index (χ2n) is 0.673. The first-order valence-electron chi connectivity index (χ1n) is 1.17. The minimum atomic E-state index is -4.08. The summed E-state index contributed by atoms with van der Waals surface area (Å²) >= 11 is 0.0849. The van der Waals surface area contributed by atoms with Crippen molar-refractivity contribution in [1.29, 1.82) is 0 Å². The van der Waals surface area contributed by atoms with E-state index >= 15 is 0 Å². The van der Waals surface area contributed by atoms with E-state index in [9.17, 15) is 4.57 Å². The molecule has 0 unspecified atom stereocenters. The van der Waals surface area contributed by atoms with Gasteiger partial charge < -0.3 is 21.7 Å². The smallest absolute Gasteiger partial charge is 1.00 e. The van der Waals surface area contributed by atoms with Crippen molar-refractivity contribution in [1.82, 2.24) is 0 Å². The van der Waals surface area contributed by atoms with Crippen molar-refractivity contribution >= 4 is 47.5 Å². The first-order valence-corrected chi connectivity index (χ1v) is 3.52. The molecule has 4 N–H and O–H groups in total. The summed E-state index contributed by atoms with van der Waals surface area (Å²) in [6, 6.07) is 0. The van der Waals surface area contributed by atoms with Crippen LogP contribution in [0, 0.1) is 0 Å². The Labute approximate surface area is 73.8 Å². The number of phosphoric acid groups is 1. The van der Waals surface area contributed by atoms with Crippen LogP contribution in [-0.4, -0.2) is 54.9 Å². The third-order valence-corrected chi connectivity index (χ3v) is 2.14. The molecule has 0 atom stereocenters. The fourth-order valence-electron chi connectivity index (χ4n) is 0. The van der Waals surface area contributed by atoms with Gasteiger partial charge in [0.05, 0.1) is 0 Å². The molecular formula is H8AlMgO5P. The van der Waals surface area contributed by atoms with E-state index in [-0.39, 0.29) is 48.0 Å². The van der Waals surface area contributed by atoms with Crippen LogP contribution >= 0.6 is 7.82 Å². The summed E-state index contributed by atoms with van der Waals surface area (Å²) in [5, 5.41) is 0. The average molecular weight is 170 g/mol. The predicted octanol–water partition coefficient (Wildman–Crippen LogP) is -2.34. The Bertz CT molecular complexity index is 83.7. The number of rotatable bonds is 1. The van der Waals surface area contributed by atoms with Gasteiger partial charge in [0.1, 0.15) is 0 Å². The van der Waals surface area contributed by atoms with Gasteiger partial charge in [-0.3, -0.25) is 0 Å². The Morgan fingerprint density at radius 1 is 1.62 bits per heavy atom. The van der Waals surface area contributed by atoms with Crippen molar-refractivity contribution in [2.24, 2.45) is 0 Å². The molecule has 0 aliphatic rings. The number of hydrogen-bond acceptors (Lipinski definition) is 2. The molecule has 0 aliphatic carbocycles. The second-order valence-corrected chi connectivity index (χ2v) is 3.11. The summed E-state index contributed by atoms with van der Waals surface area (Å²) in [5.74, 6) is 0. The van der Waals surface area contributed by atoms with Crippen LogP contribution in [0.15, 0.2) is 0 Å². The maximum absolute atomic E-state index is 9.51. The van der Waals surface area contributed by atoms with Crippen LogP contribution in [0.25, 0.3) is 0 Å². The van der Waals surface area contributed by atoms with Crippen LogP contribution in [-0.2, 0) is 8.14 Å². The molecule has 0 aliphatic heterocycles. The fraction of sp³-hybridized carbons (Fsp3) is 0. The van der Waals surface area contributed by atoms with Crippen molar-refractivity contribution in [3.05, 3.63) is 0 Å². The molecule has 0 bridgehead atoms. The summed E-state index contributed by atoms with van der Waals surface area (Å²) in [4.78, 5) is 15.5. The zero-order chi connectivity index (χ0) is 5.21. The topological polar surface area (TPSA) is 98.3 Å². The summed E-state index contributed by atoms with van der Waals surface area (Å²) in [5.41, 5.74) is 0. The van der Waals surface area contributed by atoms with Crippen LogP contribution in [0.4, 0.5) is 0 Å². The molecule has 0 radical (unpaired) electrons. The molecule has 0 saturated heterocycles. The van der Waals surface area contributed by atoms with Crippen LogP contribution in [0.3, 0.4) is 0 Å². The molecule has 0 aromatic heterocycles. The Hall–Kier alpha value is 1.37. The van der Waals surface area contributed by atoms with Gasteiger partial charge in [0.25, 0.3) is 0 Å². The molecule has 0 spiro atoms. The molecule has 0 aromatic rings. The van der Waals surface area contributed by atoms with E-state index in [4.69, 9.17) is 9.79 Å². The third-order valence-electron chi connectivity index (χ3n) is 0.238. The summed E-state index contributed by atoms with van der Waals surface area (Å²) in [7, 11) is -4.08. The second kappa shape index (κ2) is 6.49. The summed E-state index contributed by atoms with van der Waals surface area (Å²) in [6.07, 6.45) is 0. The van der Waals surface area contributed by atoms with Gasteiger partial charge in [0, 0.05) is 0 Å². The Morgan fingerprint density at radius 3 is 1.75 bits per heavy atom. The van der Waals surface area contributed by atoms with E-state index in [1.807, 2.05) is 0 Å². The normalized spacial score (nSPS) is 8.75. The average Bonchev–Trinajstić information content (AvgIpc) is 1.35. The monoisotopic (exact) mass is 170 g/mol. The molecule has 0 saturated carbocycles. The van der Waals surface area contributed by atoms with Gasteiger partial charge in [-0.25, -0.2) is 4.57 Å². The molecular weight excluding hydrogens is 162 g/mol. The van der Waals surface area contributed by atoms with Crippen LogP contribution in [0.5, 0.6) is 0 Å². The van der Waals surface area contributed by atoms with Gasteiger partial charge in [0.15, 0.2) is 0 Å². The minimum absolute atomic E-state index is 0. The van der Waals surface area contributed by atoms with E-state index < -0.39 is 7.82 Å². The maximum atomic E-state index is 9.51. The van der Waals surface area contributed by atoms with Gasteiger partial charge in [-0.15, -0.1) is 0 Å². The zero-order valence-corrected chi connectivity index (χ0v) is 8.67. The largest absolute Gasteiger partial charge is 2.00 e. The first kappa shape index (κ1) is 16.2. The fourth-order valence-corrected chi connectivity index (χ4v) is 0. The summed E-state index contributed by atoms with van der Waals surface area (Å²) < 4.78 is 13.2. The molecule has 0 aromatic carbocycles. The minimum Gasteiger partial charge on any atom is -1.00 e. The molecule has 0 rings (SSSR count). The van der Waals surface area contributed by atoms with Crippen LogP contribution in [0.2, 0.25) is 0 Å². The molecule has 0 amide bonds. The van der Waals surface area contributed by atoms with Crippen molar-refractivity contribution in [2.45, 2.75) is 0 Å². The Balaban J connectivity index is -0.0000000208. The molecule has 0 heterocycles. The van der Waals surface area contributed by atoms with E-state index in [2.05, 4.69) is 3.58 Å².